The van der Waals surface area contributed by atoms with Crippen LogP contribution in [0.3, 0.4) is 0 Å². The van der Waals surface area contributed by atoms with Crippen LogP contribution in [-0.4, -0.2) is 51.8 Å². The standard InChI is InChI=1S/C15H23NO4/c1-16(10-4-5-15(17)19-3)11-12-20-14-8-6-13(18-2)7-9-14/h6-9H,4-5,10-12H2,1-3H3. The van der Waals surface area contributed by atoms with Crippen LogP contribution >= 0.6 is 0 Å². The molecule has 0 aliphatic heterocycles. The van der Waals surface area contributed by atoms with Gasteiger partial charge in [0.2, 0.25) is 0 Å². The zero-order chi connectivity index (χ0) is 14.8. The summed E-state index contributed by atoms with van der Waals surface area (Å²) in [5.41, 5.74) is 0. The van der Waals surface area contributed by atoms with E-state index < -0.39 is 0 Å². The number of hydrogen-bond donors (Lipinski definition) is 0. The normalized spacial score (nSPS) is 10.4. The van der Waals surface area contributed by atoms with E-state index in [-0.39, 0.29) is 5.97 Å². The van der Waals surface area contributed by atoms with E-state index in [1.54, 1.807) is 7.11 Å². The van der Waals surface area contributed by atoms with Gasteiger partial charge in [0, 0.05) is 13.0 Å². The summed E-state index contributed by atoms with van der Waals surface area (Å²) in [7, 11) is 5.06. The Morgan fingerprint density at radius 2 is 1.75 bits per heavy atom. The second kappa shape index (κ2) is 9.20. The van der Waals surface area contributed by atoms with Crippen molar-refractivity contribution < 1.29 is 19.0 Å². The van der Waals surface area contributed by atoms with Crippen LogP contribution < -0.4 is 9.47 Å². The van der Waals surface area contributed by atoms with Gasteiger partial charge in [-0.05, 0) is 44.3 Å². The van der Waals surface area contributed by atoms with Gasteiger partial charge in [0.05, 0.1) is 14.2 Å². The average Bonchev–Trinajstić information content (AvgIpc) is 2.47. The molecule has 0 saturated carbocycles. The lowest BCUT2D eigenvalue weighted by atomic mass is 10.3. The van der Waals surface area contributed by atoms with Crippen LogP contribution in [0, 0.1) is 0 Å². The van der Waals surface area contributed by atoms with Gasteiger partial charge < -0.3 is 19.1 Å². The predicted molar refractivity (Wildman–Crippen MR) is 77.2 cm³/mol. The highest BCUT2D eigenvalue weighted by Crippen LogP contribution is 2.16. The molecule has 0 atom stereocenters. The van der Waals surface area contributed by atoms with Crippen molar-refractivity contribution >= 4 is 5.97 Å². The lowest BCUT2D eigenvalue weighted by Crippen LogP contribution is -2.25. The minimum atomic E-state index is -0.159. The van der Waals surface area contributed by atoms with Gasteiger partial charge in [0.1, 0.15) is 18.1 Å². The van der Waals surface area contributed by atoms with Gasteiger partial charge >= 0.3 is 5.97 Å². The van der Waals surface area contributed by atoms with Gasteiger partial charge in [0.25, 0.3) is 0 Å². The van der Waals surface area contributed by atoms with Crippen LogP contribution in [0.15, 0.2) is 24.3 Å². The van der Waals surface area contributed by atoms with E-state index in [0.29, 0.717) is 13.0 Å². The van der Waals surface area contributed by atoms with Crippen LogP contribution in [0.1, 0.15) is 12.8 Å². The number of ether oxygens (including phenoxy) is 3. The topological polar surface area (TPSA) is 48.0 Å². The van der Waals surface area contributed by atoms with Gasteiger partial charge in [-0.3, -0.25) is 4.79 Å². The first-order valence-corrected chi connectivity index (χ1v) is 6.68. The van der Waals surface area contributed by atoms with Crippen molar-refractivity contribution in [3.8, 4) is 11.5 Å². The molecule has 1 rings (SSSR count). The zero-order valence-electron chi connectivity index (χ0n) is 12.4. The third kappa shape index (κ3) is 6.43. The van der Waals surface area contributed by atoms with Crippen molar-refractivity contribution in [2.24, 2.45) is 0 Å². The molecule has 20 heavy (non-hydrogen) atoms. The third-order valence-electron chi connectivity index (χ3n) is 2.95. The number of likely N-dealkylation sites (N-methyl/N-ethyl adjacent to an activating group) is 1. The van der Waals surface area contributed by atoms with E-state index in [2.05, 4.69) is 9.64 Å². The van der Waals surface area contributed by atoms with E-state index in [0.717, 1.165) is 31.0 Å². The molecule has 0 N–H and O–H groups in total. The van der Waals surface area contributed by atoms with Crippen molar-refractivity contribution in [1.29, 1.82) is 0 Å². The number of carbonyl (C=O) groups is 1. The molecule has 0 aliphatic rings. The molecule has 112 valence electrons. The largest absolute Gasteiger partial charge is 0.497 e. The Bertz CT molecular complexity index is 391. The molecular weight excluding hydrogens is 258 g/mol. The van der Waals surface area contributed by atoms with Crippen molar-refractivity contribution in [2.75, 3.05) is 41.0 Å². The fraction of sp³-hybridized carbons (Fsp3) is 0.533. The highest BCUT2D eigenvalue weighted by Gasteiger charge is 2.03. The first kappa shape index (κ1) is 16.3. The number of nitrogens with zero attached hydrogens (tertiary/aromatic N) is 1. The molecular formula is C15H23NO4. The average molecular weight is 281 g/mol. The molecule has 0 aliphatic carbocycles. The van der Waals surface area contributed by atoms with Crippen molar-refractivity contribution in [3.63, 3.8) is 0 Å². The lowest BCUT2D eigenvalue weighted by Gasteiger charge is -2.16. The fourth-order valence-corrected chi connectivity index (χ4v) is 1.70. The highest BCUT2D eigenvalue weighted by atomic mass is 16.5. The molecule has 1 aromatic rings. The third-order valence-corrected chi connectivity index (χ3v) is 2.95. The Morgan fingerprint density at radius 3 is 2.35 bits per heavy atom. The molecule has 0 unspecified atom stereocenters. The summed E-state index contributed by atoms with van der Waals surface area (Å²) in [4.78, 5) is 13.1. The molecule has 0 saturated heterocycles. The summed E-state index contributed by atoms with van der Waals surface area (Å²) in [6.07, 6.45) is 1.26. The molecule has 5 nitrogen and oxygen atoms in total. The second-order valence-electron chi connectivity index (χ2n) is 4.51. The number of hydrogen-bond acceptors (Lipinski definition) is 5. The smallest absolute Gasteiger partial charge is 0.305 e. The van der Waals surface area contributed by atoms with E-state index in [4.69, 9.17) is 9.47 Å². The van der Waals surface area contributed by atoms with E-state index in [1.807, 2.05) is 31.3 Å². The minimum absolute atomic E-state index is 0.159. The van der Waals surface area contributed by atoms with Crippen LogP contribution in [0.2, 0.25) is 0 Å². The molecule has 0 spiro atoms. The molecule has 0 fully saturated rings. The van der Waals surface area contributed by atoms with Crippen LogP contribution in [0.4, 0.5) is 0 Å². The van der Waals surface area contributed by atoms with Gasteiger partial charge in [0.15, 0.2) is 0 Å². The van der Waals surface area contributed by atoms with Crippen molar-refractivity contribution in [1.82, 2.24) is 4.90 Å². The Hall–Kier alpha value is -1.75. The Morgan fingerprint density at radius 1 is 1.10 bits per heavy atom. The van der Waals surface area contributed by atoms with E-state index >= 15 is 0 Å². The lowest BCUT2D eigenvalue weighted by molar-refractivity contribution is -0.140. The predicted octanol–water partition coefficient (Wildman–Crippen LogP) is 1.96. The number of carbonyl (C=O) groups excluding carboxylic acids is 1. The number of methoxy groups -OCH3 is 2. The second-order valence-corrected chi connectivity index (χ2v) is 4.51. The first-order chi connectivity index (χ1) is 9.65. The van der Waals surface area contributed by atoms with Gasteiger partial charge in [-0.15, -0.1) is 0 Å². The molecule has 0 aromatic heterocycles. The quantitative estimate of drug-likeness (QED) is 0.648. The maximum absolute atomic E-state index is 11.0. The summed E-state index contributed by atoms with van der Waals surface area (Å²) in [5, 5.41) is 0. The van der Waals surface area contributed by atoms with Gasteiger partial charge in [-0.25, -0.2) is 0 Å². The monoisotopic (exact) mass is 281 g/mol. The Balaban J connectivity index is 2.14. The number of benzene rings is 1. The fourth-order valence-electron chi connectivity index (χ4n) is 1.70. The number of rotatable bonds is 9. The molecule has 0 heterocycles. The summed E-state index contributed by atoms with van der Waals surface area (Å²) >= 11 is 0. The Labute approximate surface area is 120 Å². The Kier molecular flexibility index (Phi) is 7.50. The summed E-state index contributed by atoms with van der Waals surface area (Å²) < 4.78 is 15.3. The van der Waals surface area contributed by atoms with E-state index in [9.17, 15) is 4.79 Å². The highest BCUT2D eigenvalue weighted by molar-refractivity contribution is 5.69. The SMILES string of the molecule is COC(=O)CCCN(C)CCOc1ccc(OC)cc1. The molecule has 5 heteroatoms. The van der Waals surface area contributed by atoms with Crippen LogP contribution in [0.25, 0.3) is 0 Å². The molecule has 0 radical (unpaired) electrons. The molecule has 1 aromatic carbocycles. The van der Waals surface area contributed by atoms with E-state index in [1.165, 1.54) is 7.11 Å². The number of esters is 1. The van der Waals surface area contributed by atoms with Gasteiger partial charge in [-0.1, -0.05) is 0 Å². The van der Waals surface area contributed by atoms with Gasteiger partial charge in [-0.2, -0.15) is 0 Å². The zero-order valence-corrected chi connectivity index (χ0v) is 12.4. The van der Waals surface area contributed by atoms with Crippen LogP contribution in [-0.2, 0) is 9.53 Å². The van der Waals surface area contributed by atoms with Crippen LogP contribution in [0.5, 0.6) is 11.5 Å². The maximum Gasteiger partial charge on any atom is 0.305 e. The van der Waals surface area contributed by atoms with Crippen molar-refractivity contribution in [3.05, 3.63) is 24.3 Å². The molecule has 0 amide bonds. The first-order valence-electron chi connectivity index (χ1n) is 6.68. The summed E-state index contributed by atoms with van der Waals surface area (Å²) in [5.74, 6) is 1.49. The molecule has 0 bridgehead atoms. The maximum atomic E-state index is 11.0. The minimum Gasteiger partial charge on any atom is -0.497 e. The summed E-state index contributed by atoms with van der Waals surface area (Å²) in [6.45, 7) is 2.27. The summed E-state index contributed by atoms with van der Waals surface area (Å²) in [6, 6.07) is 7.51. The van der Waals surface area contributed by atoms with Crippen molar-refractivity contribution in [2.45, 2.75) is 12.8 Å².